The van der Waals surface area contributed by atoms with E-state index in [9.17, 15) is 14.7 Å². The summed E-state index contributed by atoms with van der Waals surface area (Å²) in [6.07, 6.45) is 44.6. The molecule has 5 heteroatoms. The summed E-state index contributed by atoms with van der Waals surface area (Å²) >= 11 is 0. The predicted octanol–water partition coefficient (Wildman–Crippen LogP) is 12.8. The SMILES string of the molecule is O=C(O)CCCCCCCCCCCCCCCCCCC(CCO)CCCCCCCCCCCCCCCCCC(=O)O. The number of carboxylic acid groups (broad SMARTS) is 2. The lowest BCUT2D eigenvalue weighted by molar-refractivity contribution is -0.138. The maximum absolute atomic E-state index is 10.5. The van der Waals surface area contributed by atoms with E-state index in [0.29, 0.717) is 19.4 Å². The van der Waals surface area contributed by atoms with Crippen LogP contribution in [-0.4, -0.2) is 33.9 Å². The molecule has 0 aromatic carbocycles. The van der Waals surface area contributed by atoms with Gasteiger partial charge in [-0.1, -0.05) is 199 Å². The van der Waals surface area contributed by atoms with Gasteiger partial charge in [0.15, 0.2) is 0 Å². The summed E-state index contributed by atoms with van der Waals surface area (Å²) in [7, 11) is 0. The van der Waals surface area contributed by atoms with E-state index in [4.69, 9.17) is 10.2 Å². The van der Waals surface area contributed by atoms with E-state index in [-0.39, 0.29) is 0 Å². The number of aliphatic hydroxyl groups excluding tert-OH is 1. The molecule has 1 unspecified atom stereocenters. The van der Waals surface area contributed by atoms with Crippen LogP contribution in [0.4, 0.5) is 0 Å². The molecule has 0 bridgehead atoms. The Kier molecular flexibility index (Phi) is 36.4. The zero-order chi connectivity index (χ0) is 32.9. The number of carboxylic acids is 2. The zero-order valence-corrected chi connectivity index (χ0v) is 29.9. The highest BCUT2D eigenvalue weighted by atomic mass is 16.4. The zero-order valence-electron chi connectivity index (χ0n) is 29.9. The van der Waals surface area contributed by atoms with Crippen molar-refractivity contribution >= 4 is 11.9 Å². The van der Waals surface area contributed by atoms with Gasteiger partial charge < -0.3 is 15.3 Å². The Hall–Kier alpha value is -1.10. The molecule has 0 saturated carbocycles. The fourth-order valence-corrected chi connectivity index (χ4v) is 6.81. The van der Waals surface area contributed by atoms with Gasteiger partial charge in [0, 0.05) is 19.4 Å². The van der Waals surface area contributed by atoms with Gasteiger partial charge in [-0.25, -0.2) is 0 Å². The van der Waals surface area contributed by atoms with E-state index in [1.54, 1.807) is 0 Å². The molecular weight excluding hydrogens is 560 g/mol. The van der Waals surface area contributed by atoms with E-state index in [1.165, 1.54) is 186 Å². The molecule has 1 atom stereocenters. The second-order valence-electron chi connectivity index (χ2n) is 14.2. The van der Waals surface area contributed by atoms with E-state index in [1.807, 2.05) is 0 Å². The number of hydrogen-bond donors (Lipinski definition) is 3. The second kappa shape index (κ2) is 37.4. The molecule has 0 aliphatic carbocycles. The number of aliphatic hydroxyl groups is 1. The fourth-order valence-electron chi connectivity index (χ4n) is 6.81. The quantitative estimate of drug-likeness (QED) is 0.0582. The minimum Gasteiger partial charge on any atom is -0.481 e. The monoisotopic (exact) mass is 639 g/mol. The van der Waals surface area contributed by atoms with Crippen LogP contribution in [0.25, 0.3) is 0 Å². The normalized spacial score (nSPS) is 12.1. The maximum Gasteiger partial charge on any atom is 0.303 e. The molecule has 0 aliphatic rings. The Morgan fingerprint density at radius 3 is 0.711 bits per heavy atom. The predicted molar refractivity (Wildman–Crippen MR) is 192 cm³/mol. The summed E-state index contributed by atoms with van der Waals surface area (Å²) in [4.78, 5) is 21.0. The van der Waals surface area contributed by atoms with Gasteiger partial charge in [-0.2, -0.15) is 0 Å². The Labute approximate surface area is 280 Å². The van der Waals surface area contributed by atoms with Crippen LogP contribution in [0.15, 0.2) is 0 Å². The standard InChI is InChI=1S/C40H78O5/c41-37-36-38(33-29-25-21-17-13-9-5-3-7-11-15-19-23-27-31-35-40(44)45)32-28-24-20-16-12-8-4-1-2-6-10-14-18-22-26-30-34-39(42)43/h38,41H,1-37H2,(H,42,43)(H,44,45). The van der Waals surface area contributed by atoms with Crippen LogP contribution in [0, 0.1) is 5.92 Å². The highest BCUT2D eigenvalue weighted by Gasteiger charge is 2.08. The van der Waals surface area contributed by atoms with Gasteiger partial charge in [-0.05, 0) is 25.2 Å². The van der Waals surface area contributed by atoms with Crippen molar-refractivity contribution in [3.63, 3.8) is 0 Å². The first-order valence-electron chi connectivity index (χ1n) is 20.1. The molecule has 0 heterocycles. The van der Waals surface area contributed by atoms with Gasteiger partial charge in [0.25, 0.3) is 0 Å². The lowest BCUT2D eigenvalue weighted by Gasteiger charge is -2.15. The summed E-state index contributed by atoms with van der Waals surface area (Å²) in [5.41, 5.74) is 0. The maximum atomic E-state index is 10.5. The van der Waals surface area contributed by atoms with Crippen LogP contribution < -0.4 is 0 Å². The third-order valence-corrected chi connectivity index (χ3v) is 9.79. The van der Waals surface area contributed by atoms with Crippen LogP contribution in [0.5, 0.6) is 0 Å². The Morgan fingerprint density at radius 2 is 0.511 bits per heavy atom. The average molecular weight is 639 g/mol. The van der Waals surface area contributed by atoms with E-state index < -0.39 is 11.9 Å². The molecule has 0 amide bonds. The molecule has 0 saturated heterocycles. The minimum absolute atomic E-state index is 0.330. The van der Waals surface area contributed by atoms with Crippen molar-refractivity contribution in [2.45, 2.75) is 231 Å². The van der Waals surface area contributed by atoms with Gasteiger partial charge >= 0.3 is 11.9 Å². The van der Waals surface area contributed by atoms with E-state index in [2.05, 4.69) is 0 Å². The van der Waals surface area contributed by atoms with Crippen LogP contribution in [0.2, 0.25) is 0 Å². The first-order chi connectivity index (χ1) is 22.1. The fraction of sp³-hybridized carbons (Fsp3) is 0.950. The largest absolute Gasteiger partial charge is 0.481 e. The van der Waals surface area contributed by atoms with Gasteiger partial charge in [0.2, 0.25) is 0 Å². The number of rotatable bonds is 39. The van der Waals surface area contributed by atoms with Gasteiger partial charge in [0.1, 0.15) is 0 Å². The highest BCUT2D eigenvalue weighted by molar-refractivity contribution is 5.66. The number of aliphatic carboxylic acids is 2. The van der Waals surface area contributed by atoms with Crippen molar-refractivity contribution in [1.29, 1.82) is 0 Å². The van der Waals surface area contributed by atoms with Crippen molar-refractivity contribution < 1.29 is 24.9 Å². The molecule has 3 N–H and O–H groups in total. The molecule has 0 rings (SSSR count). The molecule has 0 aromatic rings. The molecule has 45 heavy (non-hydrogen) atoms. The Bertz CT molecular complexity index is 607. The summed E-state index contributed by atoms with van der Waals surface area (Å²) < 4.78 is 0. The minimum atomic E-state index is -0.661. The lowest BCUT2D eigenvalue weighted by Crippen LogP contribution is -2.03. The van der Waals surface area contributed by atoms with Crippen molar-refractivity contribution in [1.82, 2.24) is 0 Å². The third-order valence-electron chi connectivity index (χ3n) is 9.79. The summed E-state index contributed by atoms with van der Waals surface area (Å²) in [5, 5.41) is 26.8. The first-order valence-corrected chi connectivity index (χ1v) is 20.1. The third kappa shape index (κ3) is 39.0. The molecule has 0 aromatic heterocycles. The topological polar surface area (TPSA) is 94.8 Å². The molecule has 0 aliphatic heterocycles. The van der Waals surface area contributed by atoms with Crippen LogP contribution in [0.3, 0.4) is 0 Å². The van der Waals surface area contributed by atoms with Gasteiger partial charge in [0.05, 0.1) is 0 Å². The summed E-state index contributed by atoms with van der Waals surface area (Å²) in [6, 6.07) is 0. The Morgan fingerprint density at radius 1 is 0.311 bits per heavy atom. The van der Waals surface area contributed by atoms with Gasteiger partial charge in [-0.3, -0.25) is 9.59 Å². The van der Waals surface area contributed by atoms with Crippen molar-refractivity contribution in [3.05, 3.63) is 0 Å². The van der Waals surface area contributed by atoms with E-state index in [0.717, 1.165) is 38.0 Å². The lowest BCUT2D eigenvalue weighted by atomic mass is 9.91. The van der Waals surface area contributed by atoms with E-state index >= 15 is 0 Å². The summed E-state index contributed by atoms with van der Waals surface area (Å²) in [5.74, 6) is -0.588. The average Bonchev–Trinajstić information content (AvgIpc) is 3.01. The Balaban J connectivity index is 3.36. The number of unbranched alkanes of at least 4 members (excludes halogenated alkanes) is 29. The molecule has 5 nitrogen and oxygen atoms in total. The van der Waals surface area contributed by atoms with Crippen LogP contribution in [-0.2, 0) is 9.59 Å². The molecule has 0 radical (unpaired) electrons. The number of hydrogen-bond acceptors (Lipinski definition) is 3. The molecular formula is C40H78O5. The molecule has 268 valence electrons. The highest BCUT2D eigenvalue weighted by Crippen LogP contribution is 2.22. The first kappa shape index (κ1) is 43.9. The number of carbonyl (C=O) groups is 2. The van der Waals surface area contributed by atoms with Crippen molar-refractivity contribution in [2.24, 2.45) is 5.92 Å². The smallest absolute Gasteiger partial charge is 0.303 e. The van der Waals surface area contributed by atoms with Gasteiger partial charge in [-0.15, -0.1) is 0 Å². The summed E-state index contributed by atoms with van der Waals surface area (Å²) in [6.45, 7) is 0.353. The molecule has 0 spiro atoms. The van der Waals surface area contributed by atoms with Crippen molar-refractivity contribution in [3.8, 4) is 0 Å². The molecule has 0 fully saturated rings. The second-order valence-corrected chi connectivity index (χ2v) is 14.2. The van der Waals surface area contributed by atoms with Crippen LogP contribution >= 0.6 is 0 Å². The van der Waals surface area contributed by atoms with Crippen LogP contribution in [0.1, 0.15) is 231 Å². The van der Waals surface area contributed by atoms with Crippen molar-refractivity contribution in [2.75, 3.05) is 6.61 Å².